The van der Waals surface area contributed by atoms with Gasteiger partial charge in [0.25, 0.3) is 0 Å². The Balaban J connectivity index is 1.99. The topological polar surface area (TPSA) is 34.1 Å². The Morgan fingerprint density at radius 1 is 1.56 bits per heavy atom. The number of aromatic nitrogens is 1. The fourth-order valence-corrected chi connectivity index (χ4v) is 2.30. The van der Waals surface area contributed by atoms with Gasteiger partial charge in [-0.25, -0.2) is 9.37 Å². The van der Waals surface area contributed by atoms with E-state index in [1.807, 2.05) is 0 Å². The molecule has 2 atom stereocenters. The van der Waals surface area contributed by atoms with E-state index in [0.29, 0.717) is 10.3 Å². The molecule has 0 aromatic carbocycles. The van der Waals surface area contributed by atoms with Crippen molar-refractivity contribution < 1.29 is 9.13 Å². The van der Waals surface area contributed by atoms with Crippen molar-refractivity contribution in [3.8, 4) is 0 Å². The lowest BCUT2D eigenvalue weighted by Gasteiger charge is -2.14. The number of hydrogen-bond donors (Lipinski definition) is 1. The molecule has 0 amide bonds. The molecule has 0 bridgehead atoms. The first-order chi connectivity index (χ1) is 7.69. The van der Waals surface area contributed by atoms with Crippen LogP contribution < -0.4 is 5.32 Å². The number of nitrogens with zero attached hydrogens (tertiary/aromatic N) is 1. The average molecular weight is 289 g/mol. The Labute approximate surface area is 103 Å². The van der Waals surface area contributed by atoms with Crippen molar-refractivity contribution in [3.05, 3.63) is 22.6 Å². The minimum atomic E-state index is -0.324. The summed E-state index contributed by atoms with van der Waals surface area (Å²) in [6, 6.07) is 1.67. The standard InChI is InChI=1S/C11H14BrFN2O/c1-16-9-3-2-8(5-9)15-11-10(13)4-7(12)6-14-11/h4,6,8-9H,2-3,5H2,1H3,(H,14,15). The van der Waals surface area contributed by atoms with E-state index in [4.69, 9.17) is 4.74 Å². The zero-order valence-corrected chi connectivity index (χ0v) is 10.6. The number of hydrogen-bond acceptors (Lipinski definition) is 3. The van der Waals surface area contributed by atoms with Crippen LogP contribution in [0.4, 0.5) is 10.2 Å². The van der Waals surface area contributed by atoms with Gasteiger partial charge < -0.3 is 10.1 Å². The molecule has 3 nitrogen and oxygen atoms in total. The summed E-state index contributed by atoms with van der Waals surface area (Å²) in [6.07, 6.45) is 4.81. The molecule has 0 radical (unpaired) electrons. The van der Waals surface area contributed by atoms with Gasteiger partial charge in [-0.05, 0) is 41.3 Å². The predicted octanol–water partition coefficient (Wildman–Crippen LogP) is 2.96. The molecular weight excluding hydrogens is 275 g/mol. The molecule has 88 valence electrons. The van der Waals surface area contributed by atoms with E-state index in [0.717, 1.165) is 19.3 Å². The smallest absolute Gasteiger partial charge is 0.166 e. The Kier molecular flexibility index (Phi) is 3.76. The fraction of sp³-hybridized carbons (Fsp3) is 0.545. The van der Waals surface area contributed by atoms with Crippen LogP contribution in [0.5, 0.6) is 0 Å². The summed E-state index contributed by atoms with van der Waals surface area (Å²) in [5.41, 5.74) is 0. The Morgan fingerprint density at radius 2 is 2.38 bits per heavy atom. The van der Waals surface area contributed by atoms with Crippen LogP contribution in [0.1, 0.15) is 19.3 Å². The van der Waals surface area contributed by atoms with Crippen LogP contribution in [0.25, 0.3) is 0 Å². The maximum atomic E-state index is 13.5. The lowest BCUT2D eigenvalue weighted by Crippen LogP contribution is -2.18. The first kappa shape index (κ1) is 11.8. The number of rotatable bonds is 3. The van der Waals surface area contributed by atoms with Gasteiger partial charge in [0.15, 0.2) is 11.6 Å². The highest BCUT2D eigenvalue weighted by molar-refractivity contribution is 9.10. The van der Waals surface area contributed by atoms with E-state index in [1.54, 1.807) is 13.3 Å². The van der Waals surface area contributed by atoms with E-state index in [2.05, 4.69) is 26.2 Å². The molecule has 5 heteroatoms. The van der Waals surface area contributed by atoms with Crippen molar-refractivity contribution in [2.24, 2.45) is 0 Å². The average Bonchev–Trinajstić information content (AvgIpc) is 2.70. The molecule has 1 aliphatic carbocycles. The molecule has 1 aromatic heterocycles. The van der Waals surface area contributed by atoms with Crippen molar-refractivity contribution in [2.75, 3.05) is 12.4 Å². The maximum Gasteiger partial charge on any atom is 0.166 e. The van der Waals surface area contributed by atoms with Crippen LogP contribution in [-0.2, 0) is 4.74 Å². The third kappa shape index (κ3) is 2.71. The number of halogens is 2. The van der Waals surface area contributed by atoms with Gasteiger partial charge in [-0.2, -0.15) is 0 Å². The highest BCUT2D eigenvalue weighted by atomic mass is 79.9. The summed E-state index contributed by atoms with van der Waals surface area (Å²) in [4.78, 5) is 4.02. The summed E-state index contributed by atoms with van der Waals surface area (Å²) < 4.78 is 19.4. The summed E-state index contributed by atoms with van der Waals surface area (Å²) >= 11 is 3.18. The van der Waals surface area contributed by atoms with Crippen LogP contribution in [0.15, 0.2) is 16.7 Å². The zero-order valence-electron chi connectivity index (χ0n) is 9.04. The minimum Gasteiger partial charge on any atom is -0.381 e. The largest absolute Gasteiger partial charge is 0.381 e. The molecule has 2 rings (SSSR count). The van der Waals surface area contributed by atoms with Crippen LogP contribution in [-0.4, -0.2) is 24.2 Å². The highest BCUT2D eigenvalue weighted by Gasteiger charge is 2.25. The van der Waals surface area contributed by atoms with Crippen molar-refractivity contribution in [1.29, 1.82) is 0 Å². The first-order valence-corrected chi connectivity index (χ1v) is 6.08. The van der Waals surface area contributed by atoms with Crippen molar-refractivity contribution in [2.45, 2.75) is 31.4 Å². The molecule has 0 aliphatic heterocycles. The van der Waals surface area contributed by atoms with Crippen molar-refractivity contribution in [1.82, 2.24) is 4.98 Å². The highest BCUT2D eigenvalue weighted by Crippen LogP contribution is 2.25. The van der Waals surface area contributed by atoms with Crippen LogP contribution in [0.3, 0.4) is 0 Å². The number of methoxy groups -OCH3 is 1. The molecule has 1 aliphatic rings. The third-order valence-corrected chi connectivity index (χ3v) is 3.30. The molecule has 1 fully saturated rings. The van der Waals surface area contributed by atoms with Gasteiger partial charge in [0, 0.05) is 23.8 Å². The summed E-state index contributed by atoms with van der Waals surface area (Å²) in [5.74, 6) is 0.000180. The SMILES string of the molecule is COC1CCC(Nc2ncc(Br)cc2F)C1. The minimum absolute atomic E-state index is 0.258. The van der Waals surface area contributed by atoms with Gasteiger partial charge in [-0.15, -0.1) is 0 Å². The van der Waals surface area contributed by atoms with E-state index >= 15 is 0 Å². The van der Waals surface area contributed by atoms with E-state index < -0.39 is 0 Å². The maximum absolute atomic E-state index is 13.5. The van der Waals surface area contributed by atoms with Gasteiger partial charge in [0.1, 0.15) is 0 Å². The second-order valence-electron chi connectivity index (χ2n) is 4.00. The lowest BCUT2D eigenvalue weighted by molar-refractivity contribution is 0.108. The quantitative estimate of drug-likeness (QED) is 0.929. The monoisotopic (exact) mass is 288 g/mol. The molecule has 0 saturated heterocycles. The Hall–Kier alpha value is -0.680. The second kappa shape index (κ2) is 5.10. The van der Waals surface area contributed by atoms with Gasteiger partial charge in [0.05, 0.1) is 6.10 Å². The number of ether oxygens (including phenoxy) is 1. The second-order valence-corrected chi connectivity index (χ2v) is 4.91. The fourth-order valence-electron chi connectivity index (χ4n) is 2.00. The first-order valence-electron chi connectivity index (χ1n) is 5.29. The summed E-state index contributed by atoms with van der Waals surface area (Å²) in [5, 5.41) is 3.11. The lowest BCUT2D eigenvalue weighted by atomic mass is 10.2. The van der Waals surface area contributed by atoms with E-state index in [1.165, 1.54) is 6.07 Å². The molecular formula is C11H14BrFN2O. The molecule has 16 heavy (non-hydrogen) atoms. The molecule has 1 saturated carbocycles. The molecule has 2 unspecified atom stereocenters. The van der Waals surface area contributed by atoms with E-state index in [9.17, 15) is 4.39 Å². The molecule has 0 spiro atoms. The van der Waals surface area contributed by atoms with Crippen molar-refractivity contribution in [3.63, 3.8) is 0 Å². The van der Waals surface area contributed by atoms with Crippen LogP contribution in [0.2, 0.25) is 0 Å². The summed E-state index contributed by atoms with van der Waals surface area (Å²) in [7, 11) is 1.71. The number of anilines is 1. The molecule has 1 N–H and O–H groups in total. The predicted molar refractivity (Wildman–Crippen MR) is 64.0 cm³/mol. The van der Waals surface area contributed by atoms with Crippen molar-refractivity contribution >= 4 is 21.7 Å². The summed E-state index contributed by atoms with van der Waals surface area (Å²) in [6.45, 7) is 0. The van der Waals surface area contributed by atoms with Crippen LogP contribution in [0, 0.1) is 5.82 Å². The van der Waals surface area contributed by atoms with Gasteiger partial charge >= 0.3 is 0 Å². The Bertz CT molecular complexity index is 375. The van der Waals surface area contributed by atoms with Gasteiger partial charge in [0.2, 0.25) is 0 Å². The normalized spacial score (nSPS) is 24.7. The molecule has 1 aromatic rings. The third-order valence-electron chi connectivity index (χ3n) is 2.87. The van der Waals surface area contributed by atoms with Gasteiger partial charge in [-0.1, -0.05) is 0 Å². The zero-order chi connectivity index (χ0) is 11.5. The Morgan fingerprint density at radius 3 is 3.00 bits per heavy atom. The van der Waals surface area contributed by atoms with Gasteiger partial charge in [-0.3, -0.25) is 0 Å². The number of nitrogens with one attached hydrogen (secondary N) is 1. The van der Waals surface area contributed by atoms with E-state index in [-0.39, 0.29) is 18.0 Å². The number of pyridine rings is 1. The molecule has 1 heterocycles. The van der Waals surface area contributed by atoms with Crippen LogP contribution >= 0.6 is 15.9 Å².